The minimum absolute atomic E-state index is 0.148. The van der Waals surface area contributed by atoms with Gasteiger partial charge in [0.15, 0.2) is 0 Å². The number of carbonyl (C=O) groups is 2. The van der Waals surface area contributed by atoms with Gasteiger partial charge in [-0.15, -0.1) is 0 Å². The third kappa shape index (κ3) is 13.0. The first kappa shape index (κ1) is 41.6. The van der Waals surface area contributed by atoms with Crippen molar-refractivity contribution in [3.8, 4) is 11.5 Å². The lowest BCUT2D eigenvalue weighted by Gasteiger charge is -2.39. The minimum Gasteiger partial charge on any atom is -0.496 e. The maximum absolute atomic E-state index is 13.1. The molecule has 1 aromatic rings. The summed E-state index contributed by atoms with van der Waals surface area (Å²) >= 11 is 8.65. The minimum atomic E-state index is -0.818. The lowest BCUT2D eigenvalue weighted by atomic mass is 9.83. The fourth-order valence-electron chi connectivity index (χ4n) is 6.76. The molecule has 0 saturated heterocycles. The zero-order valence-electron chi connectivity index (χ0n) is 30.9. The quantitative estimate of drug-likeness (QED) is 0.0724. The molecule has 0 aliphatic carbocycles. The standard InChI is InChI=1S/C38H66N2O5S2/c1-10-44-37(42)33(24-47)40-36(41)32(23-46)39-22-31-30-19-21-38(8,45-35(30)29(7)28(6)34(31)43-9)20-13-18-27(5)17-12-16-26(4)15-11-14-25(2)3/h25-27,32-33,39,46-47H,10-24H2,1-9H3,(H,40,41)/t26?,27?,32-,33-,38?/m0/s1. The number of rotatable bonds is 22. The van der Waals surface area contributed by atoms with E-state index in [9.17, 15) is 9.59 Å². The monoisotopic (exact) mass is 694 g/mol. The second kappa shape index (κ2) is 20.8. The van der Waals surface area contributed by atoms with Crippen LogP contribution in [0.5, 0.6) is 11.5 Å². The summed E-state index contributed by atoms with van der Waals surface area (Å²) in [7, 11) is 1.69. The number of methoxy groups -OCH3 is 1. The molecule has 0 spiro atoms. The second-order valence-electron chi connectivity index (χ2n) is 14.6. The molecule has 1 amide bonds. The largest absolute Gasteiger partial charge is 0.496 e. The molecule has 5 atom stereocenters. The highest BCUT2D eigenvalue weighted by Gasteiger charge is 2.35. The second-order valence-corrected chi connectivity index (χ2v) is 15.3. The van der Waals surface area contributed by atoms with Gasteiger partial charge in [-0.25, -0.2) is 4.79 Å². The number of amides is 1. The zero-order chi connectivity index (χ0) is 35.1. The topological polar surface area (TPSA) is 85.9 Å². The zero-order valence-corrected chi connectivity index (χ0v) is 32.7. The maximum Gasteiger partial charge on any atom is 0.329 e. The molecule has 9 heteroatoms. The van der Waals surface area contributed by atoms with Crippen molar-refractivity contribution in [3.63, 3.8) is 0 Å². The lowest BCUT2D eigenvalue weighted by molar-refractivity contribution is -0.146. The third-order valence-electron chi connectivity index (χ3n) is 9.98. The summed E-state index contributed by atoms with van der Waals surface area (Å²) in [6.45, 7) is 18.3. The van der Waals surface area contributed by atoms with Crippen molar-refractivity contribution in [1.82, 2.24) is 10.6 Å². The molecule has 3 unspecified atom stereocenters. The molecule has 1 heterocycles. The van der Waals surface area contributed by atoms with E-state index >= 15 is 0 Å². The lowest BCUT2D eigenvalue weighted by Crippen LogP contribution is -2.52. The third-order valence-corrected chi connectivity index (χ3v) is 10.7. The Morgan fingerprint density at radius 1 is 0.915 bits per heavy atom. The van der Waals surface area contributed by atoms with Crippen LogP contribution in [0.2, 0.25) is 0 Å². The van der Waals surface area contributed by atoms with Crippen LogP contribution < -0.4 is 20.1 Å². The van der Waals surface area contributed by atoms with Gasteiger partial charge in [0.05, 0.1) is 19.8 Å². The molecule has 1 aromatic carbocycles. The summed E-state index contributed by atoms with van der Waals surface area (Å²) in [6, 6.07) is -1.44. The number of esters is 1. The van der Waals surface area contributed by atoms with Gasteiger partial charge in [-0.3, -0.25) is 4.79 Å². The van der Waals surface area contributed by atoms with Crippen LogP contribution in [-0.4, -0.2) is 54.8 Å². The molecule has 7 nitrogen and oxygen atoms in total. The van der Waals surface area contributed by atoms with Crippen LogP contribution in [0.1, 0.15) is 128 Å². The van der Waals surface area contributed by atoms with Crippen molar-refractivity contribution >= 4 is 37.1 Å². The molecule has 0 radical (unpaired) electrons. The molecular weight excluding hydrogens is 629 g/mol. The molecule has 1 aliphatic rings. The molecule has 0 saturated carbocycles. The number of ether oxygens (including phenoxy) is 3. The Balaban J connectivity index is 2.02. The first-order chi connectivity index (χ1) is 22.3. The van der Waals surface area contributed by atoms with Gasteiger partial charge in [-0.1, -0.05) is 72.6 Å². The fraction of sp³-hybridized carbons (Fsp3) is 0.789. The van der Waals surface area contributed by atoms with Crippen LogP contribution in [0.25, 0.3) is 0 Å². The van der Waals surface area contributed by atoms with Crippen molar-refractivity contribution in [2.24, 2.45) is 17.8 Å². The highest BCUT2D eigenvalue weighted by atomic mass is 32.1. The van der Waals surface area contributed by atoms with Gasteiger partial charge in [-0.2, -0.15) is 25.3 Å². The van der Waals surface area contributed by atoms with Crippen LogP contribution in [0.3, 0.4) is 0 Å². The van der Waals surface area contributed by atoms with Gasteiger partial charge in [0.2, 0.25) is 5.91 Å². The average Bonchev–Trinajstić information content (AvgIpc) is 3.02. The summed E-state index contributed by atoms with van der Waals surface area (Å²) in [6.07, 6.45) is 13.3. The number of benzene rings is 1. The van der Waals surface area contributed by atoms with Crippen LogP contribution in [0.4, 0.5) is 0 Å². The number of thiol groups is 2. The maximum atomic E-state index is 13.1. The number of nitrogens with one attached hydrogen (secondary N) is 2. The number of hydrogen-bond acceptors (Lipinski definition) is 8. The van der Waals surface area contributed by atoms with E-state index < -0.39 is 18.1 Å². The van der Waals surface area contributed by atoms with Crippen molar-refractivity contribution in [2.45, 2.75) is 150 Å². The van der Waals surface area contributed by atoms with E-state index in [-0.39, 0.29) is 29.6 Å². The molecule has 270 valence electrons. The van der Waals surface area contributed by atoms with Crippen molar-refractivity contribution < 1.29 is 23.8 Å². The van der Waals surface area contributed by atoms with E-state index in [2.05, 4.69) is 84.4 Å². The van der Waals surface area contributed by atoms with Crippen LogP contribution in [-0.2, 0) is 27.3 Å². The predicted molar refractivity (Wildman–Crippen MR) is 201 cm³/mol. The Bertz CT molecular complexity index is 1130. The normalized spacial score (nSPS) is 18.6. The predicted octanol–water partition coefficient (Wildman–Crippen LogP) is 8.20. The summed E-state index contributed by atoms with van der Waals surface area (Å²) < 4.78 is 17.9. The van der Waals surface area contributed by atoms with Gasteiger partial charge >= 0.3 is 5.97 Å². The summed E-state index contributed by atoms with van der Waals surface area (Å²) in [5.41, 5.74) is 4.09. The van der Waals surface area contributed by atoms with E-state index in [1.165, 1.54) is 44.9 Å². The Morgan fingerprint density at radius 3 is 2.06 bits per heavy atom. The van der Waals surface area contributed by atoms with Crippen LogP contribution in [0, 0.1) is 31.6 Å². The van der Waals surface area contributed by atoms with Crippen LogP contribution in [0.15, 0.2) is 0 Å². The van der Waals surface area contributed by atoms with E-state index in [0.717, 1.165) is 77.2 Å². The van der Waals surface area contributed by atoms with E-state index in [4.69, 9.17) is 14.2 Å². The van der Waals surface area contributed by atoms with Crippen molar-refractivity contribution in [1.29, 1.82) is 0 Å². The molecule has 0 bridgehead atoms. The number of hydrogen-bond donors (Lipinski definition) is 4. The molecule has 47 heavy (non-hydrogen) atoms. The van der Waals surface area contributed by atoms with E-state index in [0.29, 0.717) is 6.54 Å². The first-order valence-corrected chi connectivity index (χ1v) is 19.4. The highest BCUT2D eigenvalue weighted by molar-refractivity contribution is 7.80. The average molecular weight is 695 g/mol. The van der Waals surface area contributed by atoms with Gasteiger partial charge in [-0.05, 0) is 82.3 Å². The Labute approximate surface area is 297 Å². The molecule has 0 aromatic heterocycles. The smallest absolute Gasteiger partial charge is 0.329 e. The van der Waals surface area contributed by atoms with Gasteiger partial charge in [0.25, 0.3) is 0 Å². The molecular formula is C38H66N2O5S2. The molecule has 2 N–H and O–H groups in total. The molecule has 0 fully saturated rings. The van der Waals surface area contributed by atoms with Gasteiger partial charge in [0, 0.05) is 29.2 Å². The SMILES string of the molecule is CCOC(=O)[C@H](CS)NC(=O)[C@H](CS)NCc1c2c(c(C)c(C)c1OC)OC(C)(CCCC(C)CCCC(C)CCCC(C)C)CC2. The molecule has 2 rings (SSSR count). The number of carbonyl (C=O) groups excluding carboxylic acids is 2. The first-order valence-electron chi connectivity index (χ1n) is 18.1. The Morgan fingerprint density at radius 2 is 1.51 bits per heavy atom. The van der Waals surface area contributed by atoms with Gasteiger partial charge in [0.1, 0.15) is 23.1 Å². The van der Waals surface area contributed by atoms with E-state index in [1.807, 2.05) is 0 Å². The van der Waals surface area contributed by atoms with Crippen LogP contribution >= 0.6 is 25.3 Å². The Hall–Kier alpha value is -1.58. The van der Waals surface area contributed by atoms with Gasteiger partial charge < -0.3 is 24.8 Å². The summed E-state index contributed by atoms with van der Waals surface area (Å²) in [4.78, 5) is 25.3. The molecule has 1 aliphatic heterocycles. The van der Waals surface area contributed by atoms with Crippen molar-refractivity contribution in [2.75, 3.05) is 25.2 Å². The Kier molecular flexibility index (Phi) is 18.4. The van der Waals surface area contributed by atoms with Crippen molar-refractivity contribution in [3.05, 3.63) is 22.3 Å². The van der Waals surface area contributed by atoms with E-state index in [1.54, 1.807) is 14.0 Å². The summed E-state index contributed by atoms with van der Waals surface area (Å²) in [5, 5.41) is 6.12. The number of fused-ring (bicyclic) bond motifs is 1. The highest BCUT2D eigenvalue weighted by Crippen LogP contribution is 2.45. The fourth-order valence-corrected chi connectivity index (χ4v) is 7.29. The summed E-state index contributed by atoms with van der Waals surface area (Å²) in [5.74, 6) is 3.75.